The molecule has 2 unspecified atom stereocenters. The zero-order valence-electron chi connectivity index (χ0n) is 23.3. The molecule has 3 rings (SSSR count). The number of carbonyl (C=O) groups excluding carboxylic acids is 1. The van der Waals surface area contributed by atoms with Crippen LogP contribution in [-0.2, 0) is 15.8 Å². The van der Waals surface area contributed by atoms with Crippen molar-refractivity contribution in [1.29, 1.82) is 0 Å². The van der Waals surface area contributed by atoms with Crippen LogP contribution in [0.2, 0.25) is 0 Å². The third-order valence-electron chi connectivity index (χ3n) is 5.97. The van der Waals surface area contributed by atoms with Gasteiger partial charge in [-0.05, 0) is 60.6 Å². The molecule has 0 bridgehead atoms. The molecule has 0 saturated carbocycles. The molecule has 43 heavy (non-hydrogen) atoms. The van der Waals surface area contributed by atoms with E-state index in [4.69, 9.17) is 27.8 Å². The van der Waals surface area contributed by atoms with E-state index >= 15 is 0 Å². The number of rotatable bonds is 12. The van der Waals surface area contributed by atoms with Gasteiger partial charge in [0.2, 0.25) is 0 Å². The van der Waals surface area contributed by atoms with E-state index < -0.39 is 24.3 Å². The Morgan fingerprint density at radius 1 is 1.09 bits per heavy atom. The summed E-state index contributed by atoms with van der Waals surface area (Å²) in [4.78, 5) is 25.0. The van der Waals surface area contributed by atoms with Crippen molar-refractivity contribution in [2.75, 3.05) is 6.61 Å². The highest BCUT2D eigenvalue weighted by atomic mass is 32.2. The van der Waals surface area contributed by atoms with Crippen LogP contribution in [0.5, 0.6) is 5.75 Å². The normalized spacial score (nSPS) is 12.9. The van der Waals surface area contributed by atoms with Crippen molar-refractivity contribution in [3.8, 4) is 5.75 Å². The van der Waals surface area contributed by atoms with Crippen LogP contribution < -0.4 is 21.1 Å². The zero-order chi connectivity index (χ0) is 31.7. The Kier molecular flexibility index (Phi) is 11.9. The van der Waals surface area contributed by atoms with Crippen LogP contribution in [0.15, 0.2) is 89.5 Å². The van der Waals surface area contributed by atoms with E-state index in [9.17, 15) is 22.8 Å². The Balaban J connectivity index is 1.81. The van der Waals surface area contributed by atoms with Crippen molar-refractivity contribution < 1.29 is 32.6 Å². The number of hydrogen-bond acceptors (Lipinski definition) is 6. The van der Waals surface area contributed by atoms with Gasteiger partial charge in [0, 0.05) is 39.6 Å². The van der Waals surface area contributed by atoms with E-state index in [2.05, 4.69) is 14.6 Å². The van der Waals surface area contributed by atoms with Crippen molar-refractivity contribution in [2.24, 2.45) is 5.73 Å². The Bertz CT molecular complexity index is 1540. The topological polar surface area (TPSA) is 102 Å². The predicted octanol–water partition coefficient (Wildman–Crippen LogP) is 6.27. The average Bonchev–Trinajstić information content (AvgIpc) is 2.92. The molecule has 2 atom stereocenters. The molecule has 0 amide bonds. The molecule has 0 radical (unpaired) electrons. The lowest BCUT2D eigenvalue weighted by Crippen LogP contribution is -2.22. The second kappa shape index (κ2) is 15.2. The molecule has 0 fully saturated rings. The van der Waals surface area contributed by atoms with Gasteiger partial charge < -0.3 is 20.9 Å². The van der Waals surface area contributed by atoms with Crippen molar-refractivity contribution in [3.63, 3.8) is 0 Å². The first-order valence-corrected chi connectivity index (χ1v) is 14.7. The molecule has 6 nitrogen and oxygen atoms in total. The number of nitrogens with two attached hydrogens (primary N) is 1. The summed E-state index contributed by atoms with van der Waals surface area (Å²) in [5.74, 6) is -0.866. The van der Waals surface area contributed by atoms with Crippen molar-refractivity contribution in [3.05, 3.63) is 107 Å². The molecule has 12 heteroatoms. The lowest BCUT2D eigenvalue weighted by molar-refractivity contribution is -0.139. The van der Waals surface area contributed by atoms with Crippen LogP contribution in [0.3, 0.4) is 0 Å². The Morgan fingerprint density at radius 2 is 1.72 bits per heavy atom. The minimum Gasteiger partial charge on any atom is -0.482 e. The maximum absolute atomic E-state index is 13.1. The minimum atomic E-state index is -4.45. The molecule has 4 N–H and O–H groups in total. The summed E-state index contributed by atoms with van der Waals surface area (Å²) in [7, 11) is 2.58. The lowest BCUT2D eigenvalue weighted by Gasteiger charge is -2.16. The van der Waals surface area contributed by atoms with E-state index in [-0.39, 0.29) is 22.4 Å². The van der Waals surface area contributed by atoms with Crippen LogP contribution in [0.1, 0.15) is 35.6 Å². The first kappa shape index (κ1) is 33.8. The Labute approximate surface area is 259 Å². The minimum absolute atomic E-state index is 0.0788. The lowest BCUT2D eigenvalue weighted by atomic mass is 10.1. The van der Waals surface area contributed by atoms with Crippen molar-refractivity contribution in [1.82, 2.24) is 5.32 Å². The fraction of sp³-hybridized carbons (Fsp3) is 0.194. The third kappa shape index (κ3) is 10.8. The number of aliphatic carboxylic acids is 1. The van der Waals surface area contributed by atoms with Gasteiger partial charge in [0.05, 0.1) is 5.56 Å². The largest absolute Gasteiger partial charge is 0.482 e. The Morgan fingerprint density at radius 3 is 2.30 bits per heavy atom. The van der Waals surface area contributed by atoms with Crippen molar-refractivity contribution >= 4 is 61.0 Å². The van der Waals surface area contributed by atoms with Gasteiger partial charge in [-0.15, -0.1) is 21.0 Å². The monoisotopic (exact) mass is 646 g/mol. The fourth-order valence-corrected chi connectivity index (χ4v) is 5.63. The maximum Gasteiger partial charge on any atom is 0.416 e. The highest BCUT2D eigenvalue weighted by molar-refractivity contribution is 8.00. The van der Waals surface area contributed by atoms with Gasteiger partial charge in [-0.1, -0.05) is 54.7 Å². The van der Waals surface area contributed by atoms with Crippen LogP contribution in [0.25, 0.3) is 5.70 Å². The molecule has 0 aliphatic heterocycles. The van der Waals surface area contributed by atoms with E-state index in [1.165, 1.54) is 30.0 Å². The molecule has 3 aromatic rings. The van der Waals surface area contributed by atoms with Gasteiger partial charge >= 0.3 is 12.1 Å². The maximum atomic E-state index is 13.1. The predicted molar refractivity (Wildman–Crippen MR) is 172 cm³/mol. The first-order valence-electron chi connectivity index (χ1n) is 12.9. The summed E-state index contributed by atoms with van der Waals surface area (Å²) < 4.78 is 44.1. The number of nitrogens with one attached hydrogen (secondary N) is 1. The highest BCUT2D eigenvalue weighted by Gasteiger charge is 2.30. The fourth-order valence-electron chi connectivity index (χ4n) is 3.88. The smallest absolute Gasteiger partial charge is 0.416 e. The summed E-state index contributed by atoms with van der Waals surface area (Å²) in [5.41, 5.74) is 8.19. The number of aryl methyl sites for hydroxylation is 1. The van der Waals surface area contributed by atoms with Crippen molar-refractivity contribution in [2.45, 2.75) is 36.6 Å². The number of carbonyl (C=O) groups is 2. The summed E-state index contributed by atoms with van der Waals surface area (Å²) in [6.45, 7) is 3.07. The van der Waals surface area contributed by atoms with Gasteiger partial charge in [0.25, 0.3) is 0 Å². The second-order valence-corrected chi connectivity index (χ2v) is 11.9. The van der Waals surface area contributed by atoms with E-state index in [0.717, 1.165) is 27.9 Å². The van der Waals surface area contributed by atoms with E-state index in [1.54, 1.807) is 26.0 Å². The molecule has 0 aromatic heterocycles. The average molecular weight is 647 g/mol. The van der Waals surface area contributed by atoms with Gasteiger partial charge in [-0.3, -0.25) is 4.79 Å². The number of carboxylic acid groups (broad SMARTS) is 1. The number of ketones is 1. The van der Waals surface area contributed by atoms with E-state index in [1.807, 2.05) is 36.4 Å². The molecule has 0 saturated heterocycles. The molecule has 0 heterocycles. The zero-order valence-corrected chi connectivity index (χ0v) is 26.1. The number of hydrogen-bond donors (Lipinski definition) is 3. The molecule has 3 aromatic carbocycles. The highest BCUT2D eigenvalue weighted by Crippen LogP contribution is 2.32. The SMILES string of the molecule is C/C(=C\C(CC(=O)C=C(N)c1ccc(P)cc1)Sc1ccc(OCC(=O)O)c(C)c1)NC(=S)c1ccc(C(F)(F)F)cc1. The first-order chi connectivity index (χ1) is 20.2. The number of alkyl halides is 3. The van der Waals surface area contributed by atoms with Crippen LogP contribution in [0.4, 0.5) is 13.2 Å². The second-order valence-electron chi connectivity index (χ2n) is 9.54. The number of ether oxygens (including phenoxy) is 1. The third-order valence-corrected chi connectivity index (χ3v) is 7.82. The van der Waals surface area contributed by atoms with Crippen LogP contribution in [0, 0.1) is 6.92 Å². The van der Waals surface area contributed by atoms with Crippen LogP contribution in [-0.4, -0.2) is 33.7 Å². The van der Waals surface area contributed by atoms with Crippen LogP contribution >= 0.6 is 33.2 Å². The molecule has 226 valence electrons. The molecule has 0 aliphatic rings. The van der Waals surface area contributed by atoms with E-state index in [0.29, 0.717) is 28.3 Å². The summed E-state index contributed by atoms with van der Waals surface area (Å²) in [5, 5.41) is 12.5. The summed E-state index contributed by atoms with van der Waals surface area (Å²) >= 11 is 6.80. The number of allylic oxidation sites excluding steroid dienone is 2. The number of carboxylic acids is 1. The summed E-state index contributed by atoms with van der Waals surface area (Å²) in [6.07, 6.45) is -1.16. The number of thioether (sulfide) groups is 1. The molecule has 0 spiro atoms. The molecular formula is C31H30F3N2O4PS2. The quantitative estimate of drug-likeness (QED) is 0.0917. The molecule has 0 aliphatic carbocycles. The molecular weight excluding hydrogens is 616 g/mol. The number of halogens is 3. The number of thiocarbonyl (C=S) groups is 1. The van der Waals surface area contributed by atoms with Gasteiger partial charge in [0.15, 0.2) is 12.4 Å². The van der Waals surface area contributed by atoms with Gasteiger partial charge in [-0.2, -0.15) is 13.2 Å². The summed E-state index contributed by atoms with van der Waals surface area (Å²) in [6, 6.07) is 17.2. The standard InChI is InChI=1S/C31H30F3N2O4PS2/c1-18-13-25(11-12-28(18)40-17-29(38)39)43-26(15-23(37)16-27(35)20-5-9-24(41)10-6-20)14-19(2)36-30(42)21-3-7-22(8-4-21)31(32,33)34/h3-14,16,26H,15,17,35,41H2,1-2H3,(H,36,42)(H,38,39)/b19-14+,27-16?. The number of benzene rings is 3. The Hall–Kier alpha value is -3.66. The van der Waals surface area contributed by atoms with Gasteiger partial charge in [-0.25, -0.2) is 4.79 Å². The van der Waals surface area contributed by atoms with Gasteiger partial charge in [0.1, 0.15) is 10.7 Å².